The van der Waals surface area contributed by atoms with E-state index in [-0.39, 0.29) is 5.91 Å². The number of hydrazone groups is 1. The Morgan fingerprint density at radius 1 is 1.33 bits per heavy atom. The molecule has 1 amide bonds. The average Bonchev–Trinajstić information content (AvgIpc) is 2.61. The molecule has 0 spiro atoms. The van der Waals surface area contributed by atoms with Crippen LogP contribution in [0.5, 0.6) is 0 Å². The number of carbonyl (C=O) groups excluding carboxylic acids is 1. The summed E-state index contributed by atoms with van der Waals surface area (Å²) in [5.74, 6) is 1.05. The van der Waals surface area contributed by atoms with Crippen LogP contribution in [-0.2, 0) is 4.79 Å². The maximum atomic E-state index is 11.0. The first-order chi connectivity index (χ1) is 12.8. The summed E-state index contributed by atoms with van der Waals surface area (Å²) >= 11 is 0. The second-order valence-corrected chi connectivity index (χ2v) is 6.57. The van der Waals surface area contributed by atoms with Gasteiger partial charge in [0.05, 0.1) is 11.9 Å². The Balaban J connectivity index is 1.99. The van der Waals surface area contributed by atoms with Crippen LogP contribution in [-0.4, -0.2) is 17.1 Å². The van der Waals surface area contributed by atoms with Crippen LogP contribution >= 0.6 is 0 Å². The lowest BCUT2D eigenvalue weighted by molar-refractivity contribution is -0.118. The summed E-state index contributed by atoms with van der Waals surface area (Å²) in [5, 5.41) is 6.90. The number of amides is 1. The zero-order valence-electron chi connectivity index (χ0n) is 16.1. The lowest BCUT2D eigenvalue weighted by atomic mass is 9.93. The monoisotopic (exact) mass is 362 g/mol. The Hall–Kier alpha value is -3.21. The molecule has 2 rings (SSSR count). The Morgan fingerprint density at radius 2 is 2.11 bits per heavy atom. The van der Waals surface area contributed by atoms with Crippen LogP contribution in [0.15, 0.2) is 77.6 Å². The molecule has 0 aliphatic heterocycles. The van der Waals surface area contributed by atoms with Gasteiger partial charge in [-0.1, -0.05) is 44.4 Å². The number of hydrogen-bond donors (Lipinski definition) is 2. The van der Waals surface area contributed by atoms with Gasteiger partial charge in [-0.25, -0.2) is 4.98 Å². The van der Waals surface area contributed by atoms with Gasteiger partial charge in [0.2, 0.25) is 5.91 Å². The molecule has 0 radical (unpaired) electrons. The van der Waals surface area contributed by atoms with E-state index < -0.39 is 0 Å². The van der Waals surface area contributed by atoms with Crippen molar-refractivity contribution >= 4 is 23.5 Å². The summed E-state index contributed by atoms with van der Waals surface area (Å²) in [6.07, 6.45) is 10.8. The number of hydrogen-bond acceptors (Lipinski definition) is 4. The molecule has 0 bridgehead atoms. The van der Waals surface area contributed by atoms with E-state index in [4.69, 9.17) is 0 Å². The highest BCUT2D eigenvalue weighted by atomic mass is 16.1. The molecule has 0 aromatic carbocycles. The van der Waals surface area contributed by atoms with E-state index in [2.05, 4.69) is 60.0 Å². The Bertz CT molecular complexity index is 859. The van der Waals surface area contributed by atoms with Gasteiger partial charge in [0, 0.05) is 12.6 Å². The van der Waals surface area contributed by atoms with Crippen LogP contribution in [0.1, 0.15) is 32.9 Å². The molecule has 1 aliphatic carbocycles. The van der Waals surface area contributed by atoms with Crippen molar-refractivity contribution in [2.24, 2.45) is 11.0 Å². The van der Waals surface area contributed by atoms with Gasteiger partial charge < -0.3 is 5.32 Å². The van der Waals surface area contributed by atoms with Crippen LogP contribution in [0, 0.1) is 5.92 Å². The minimum absolute atomic E-state index is 0.162. The van der Waals surface area contributed by atoms with Gasteiger partial charge in [-0.2, -0.15) is 5.10 Å². The van der Waals surface area contributed by atoms with Crippen molar-refractivity contribution in [2.45, 2.75) is 27.2 Å². The first kappa shape index (κ1) is 20.1. The molecule has 0 fully saturated rings. The summed E-state index contributed by atoms with van der Waals surface area (Å²) in [7, 11) is 0. The van der Waals surface area contributed by atoms with Crippen molar-refractivity contribution in [3.8, 4) is 0 Å². The van der Waals surface area contributed by atoms with Crippen molar-refractivity contribution < 1.29 is 4.79 Å². The molecular formula is C22H26N4O. The van der Waals surface area contributed by atoms with Crippen molar-refractivity contribution in [3.05, 3.63) is 78.2 Å². The molecule has 1 aromatic heterocycles. The molecule has 1 atom stereocenters. The minimum Gasteiger partial charge on any atom is -0.327 e. The summed E-state index contributed by atoms with van der Waals surface area (Å²) in [5.41, 5.74) is 7.24. The van der Waals surface area contributed by atoms with Crippen molar-refractivity contribution in [2.75, 3.05) is 5.43 Å². The standard InChI is InChI=1S/C22H26N4O/c1-15-9-12-20(17(3)13-15)14-23-26-22-8-6-7-21(25-22)16(2)10-11-18(4)24-19(5)27/h6-8,10-15H,2,4,9H2,1,3,5H3,(H,24,27)(H,25,26)/b11-10-,23-14+. The van der Waals surface area contributed by atoms with E-state index in [1.165, 1.54) is 12.5 Å². The van der Waals surface area contributed by atoms with Gasteiger partial charge >= 0.3 is 0 Å². The lowest BCUT2D eigenvalue weighted by Gasteiger charge is -2.13. The smallest absolute Gasteiger partial charge is 0.221 e. The van der Waals surface area contributed by atoms with Crippen LogP contribution in [0.3, 0.4) is 0 Å². The molecule has 2 N–H and O–H groups in total. The van der Waals surface area contributed by atoms with E-state index in [1.807, 2.05) is 24.4 Å². The molecule has 5 heteroatoms. The quantitative estimate of drug-likeness (QED) is 0.423. The highest BCUT2D eigenvalue weighted by Gasteiger charge is 2.07. The number of pyridine rings is 1. The molecule has 0 saturated heterocycles. The van der Waals surface area contributed by atoms with Crippen molar-refractivity contribution in [1.82, 2.24) is 10.3 Å². The van der Waals surface area contributed by atoms with Gasteiger partial charge in [-0.15, -0.1) is 0 Å². The third kappa shape index (κ3) is 6.55. The Kier molecular flexibility index (Phi) is 7.06. The van der Waals surface area contributed by atoms with Gasteiger partial charge in [0.1, 0.15) is 5.82 Å². The SMILES string of the molecule is C=C(/C=C\C(=C)c1cccc(N/N=C/C2=CCC(C)C=C2C)n1)NC(C)=O. The number of carbonyl (C=O) groups is 1. The normalized spacial score (nSPS) is 16.8. The van der Waals surface area contributed by atoms with Gasteiger partial charge in [-0.05, 0) is 54.2 Å². The lowest BCUT2D eigenvalue weighted by Crippen LogP contribution is -2.16. The van der Waals surface area contributed by atoms with Crippen molar-refractivity contribution in [3.63, 3.8) is 0 Å². The van der Waals surface area contributed by atoms with Crippen molar-refractivity contribution in [1.29, 1.82) is 0 Å². The average molecular weight is 362 g/mol. The Labute approximate surface area is 161 Å². The van der Waals surface area contributed by atoms with E-state index in [0.29, 0.717) is 28.7 Å². The van der Waals surface area contributed by atoms with E-state index >= 15 is 0 Å². The fourth-order valence-electron chi connectivity index (χ4n) is 2.62. The molecular weight excluding hydrogens is 336 g/mol. The highest BCUT2D eigenvalue weighted by Crippen LogP contribution is 2.21. The second kappa shape index (κ2) is 9.48. The summed E-state index contributed by atoms with van der Waals surface area (Å²) in [6, 6.07) is 5.59. The number of rotatable bonds is 7. The molecule has 0 saturated carbocycles. The third-order valence-corrected chi connectivity index (χ3v) is 3.98. The third-order valence-electron chi connectivity index (χ3n) is 3.98. The molecule has 1 unspecified atom stereocenters. The van der Waals surface area contributed by atoms with E-state index in [9.17, 15) is 4.79 Å². The molecule has 5 nitrogen and oxygen atoms in total. The van der Waals surface area contributed by atoms with Crippen LogP contribution in [0.25, 0.3) is 5.57 Å². The first-order valence-corrected chi connectivity index (χ1v) is 8.84. The van der Waals surface area contributed by atoms with E-state index in [1.54, 1.807) is 12.2 Å². The predicted molar refractivity (Wildman–Crippen MR) is 113 cm³/mol. The zero-order valence-corrected chi connectivity index (χ0v) is 16.1. The van der Waals surface area contributed by atoms with Crippen LogP contribution < -0.4 is 10.7 Å². The number of nitrogens with one attached hydrogen (secondary N) is 2. The maximum Gasteiger partial charge on any atom is 0.221 e. The summed E-state index contributed by atoms with van der Waals surface area (Å²) < 4.78 is 0. The molecule has 27 heavy (non-hydrogen) atoms. The second-order valence-electron chi connectivity index (χ2n) is 6.57. The topological polar surface area (TPSA) is 66.4 Å². The van der Waals surface area contributed by atoms with E-state index in [0.717, 1.165) is 12.0 Å². The highest BCUT2D eigenvalue weighted by molar-refractivity contribution is 5.85. The number of allylic oxidation sites excluding steroid dienone is 7. The number of anilines is 1. The zero-order chi connectivity index (χ0) is 19.8. The first-order valence-electron chi connectivity index (χ1n) is 8.84. The largest absolute Gasteiger partial charge is 0.327 e. The number of aromatic nitrogens is 1. The fraction of sp³-hybridized carbons (Fsp3) is 0.227. The summed E-state index contributed by atoms with van der Waals surface area (Å²) in [6.45, 7) is 13.5. The maximum absolute atomic E-state index is 11.0. The van der Waals surface area contributed by atoms with Gasteiger partial charge in [-0.3, -0.25) is 10.2 Å². The minimum atomic E-state index is -0.162. The molecule has 1 aromatic rings. The molecule has 1 heterocycles. The molecule has 1 aliphatic rings. The van der Waals surface area contributed by atoms with Crippen LogP contribution in [0.4, 0.5) is 5.82 Å². The van der Waals surface area contributed by atoms with Crippen LogP contribution in [0.2, 0.25) is 0 Å². The summed E-state index contributed by atoms with van der Waals surface area (Å²) in [4.78, 5) is 15.5. The predicted octanol–water partition coefficient (Wildman–Crippen LogP) is 4.61. The molecule has 140 valence electrons. The fourth-order valence-corrected chi connectivity index (χ4v) is 2.62. The Morgan fingerprint density at radius 3 is 2.81 bits per heavy atom. The van der Waals surface area contributed by atoms with Gasteiger partial charge in [0.25, 0.3) is 0 Å². The number of nitrogens with zero attached hydrogens (tertiary/aromatic N) is 2. The van der Waals surface area contributed by atoms with Gasteiger partial charge in [0.15, 0.2) is 0 Å².